The van der Waals surface area contributed by atoms with Crippen molar-refractivity contribution in [2.24, 2.45) is 5.92 Å². The van der Waals surface area contributed by atoms with Gasteiger partial charge in [-0.15, -0.1) is 0 Å². The van der Waals surface area contributed by atoms with E-state index in [1.807, 2.05) is 0 Å². The Labute approximate surface area is 127 Å². The second kappa shape index (κ2) is 6.61. The predicted octanol–water partition coefficient (Wildman–Crippen LogP) is 2.83. The van der Waals surface area contributed by atoms with Gasteiger partial charge in [0.15, 0.2) is 0 Å². The number of piperazine rings is 1. The molecule has 0 radical (unpaired) electrons. The highest BCUT2D eigenvalue weighted by atomic mass is 16.2. The zero-order valence-corrected chi connectivity index (χ0v) is 13.1. The number of carbonyl (C=O) groups excluding carboxylic acids is 1. The maximum atomic E-state index is 12.4. The normalized spacial score (nSPS) is 20.9. The van der Waals surface area contributed by atoms with Crippen molar-refractivity contribution < 1.29 is 4.79 Å². The number of rotatable bonds is 3. The third-order valence-electron chi connectivity index (χ3n) is 5.04. The van der Waals surface area contributed by atoms with Crippen LogP contribution in [0.1, 0.15) is 36.8 Å². The van der Waals surface area contributed by atoms with E-state index in [2.05, 4.69) is 41.0 Å². The maximum Gasteiger partial charge on any atom is 0.225 e. The molecule has 0 unspecified atom stereocenters. The Morgan fingerprint density at radius 3 is 2.43 bits per heavy atom. The lowest BCUT2D eigenvalue weighted by Gasteiger charge is -2.36. The molecule has 0 bridgehead atoms. The lowest BCUT2D eigenvalue weighted by molar-refractivity contribution is -0.137. The predicted molar refractivity (Wildman–Crippen MR) is 85.0 cm³/mol. The number of carbonyl (C=O) groups is 1. The van der Waals surface area contributed by atoms with Gasteiger partial charge in [0, 0.05) is 38.6 Å². The van der Waals surface area contributed by atoms with Crippen molar-refractivity contribution in [1.29, 1.82) is 0 Å². The van der Waals surface area contributed by atoms with Gasteiger partial charge in [0.2, 0.25) is 5.91 Å². The van der Waals surface area contributed by atoms with Crippen LogP contribution in [0, 0.1) is 12.8 Å². The van der Waals surface area contributed by atoms with Crippen LogP contribution >= 0.6 is 0 Å². The van der Waals surface area contributed by atoms with Crippen LogP contribution in [0.4, 0.5) is 0 Å². The standard InChI is InChI=1S/C18H26N2O/c1-15-6-2-3-9-17(15)14-19-10-12-20(13-11-19)18(21)16-7-4-5-8-16/h2-3,6,9,16H,4-5,7-8,10-14H2,1H3. The van der Waals surface area contributed by atoms with E-state index in [0.29, 0.717) is 11.8 Å². The summed E-state index contributed by atoms with van der Waals surface area (Å²) < 4.78 is 0. The summed E-state index contributed by atoms with van der Waals surface area (Å²) in [5, 5.41) is 0. The first-order valence-electron chi connectivity index (χ1n) is 8.29. The van der Waals surface area contributed by atoms with Crippen LogP contribution in [0.15, 0.2) is 24.3 Å². The molecule has 1 aliphatic carbocycles. The monoisotopic (exact) mass is 286 g/mol. The summed E-state index contributed by atoms with van der Waals surface area (Å²) in [5.74, 6) is 0.746. The van der Waals surface area contributed by atoms with Crippen molar-refractivity contribution in [3.63, 3.8) is 0 Å². The zero-order chi connectivity index (χ0) is 14.7. The van der Waals surface area contributed by atoms with Gasteiger partial charge in [0.05, 0.1) is 0 Å². The highest BCUT2D eigenvalue weighted by molar-refractivity contribution is 5.79. The Morgan fingerprint density at radius 2 is 1.76 bits per heavy atom. The fraction of sp³-hybridized carbons (Fsp3) is 0.611. The van der Waals surface area contributed by atoms with Crippen molar-refractivity contribution in [3.8, 4) is 0 Å². The second-order valence-corrected chi connectivity index (χ2v) is 6.51. The van der Waals surface area contributed by atoms with Gasteiger partial charge >= 0.3 is 0 Å². The largest absolute Gasteiger partial charge is 0.340 e. The molecule has 1 amide bonds. The fourth-order valence-electron chi connectivity index (χ4n) is 3.59. The summed E-state index contributed by atoms with van der Waals surface area (Å²) >= 11 is 0. The third kappa shape index (κ3) is 3.46. The Bertz CT molecular complexity index is 486. The van der Waals surface area contributed by atoms with Crippen LogP contribution in [0.3, 0.4) is 0 Å². The van der Waals surface area contributed by atoms with E-state index in [9.17, 15) is 4.79 Å². The van der Waals surface area contributed by atoms with Crippen LogP contribution < -0.4 is 0 Å². The van der Waals surface area contributed by atoms with Crippen molar-refractivity contribution in [2.75, 3.05) is 26.2 Å². The topological polar surface area (TPSA) is 23.6 Å². The Balaban J connectivity index is 1.51. The molecule has 1 saturated heterocycles. The van der Waals surface area contributed by atoms with Crippen molar-refractivity contribution in [1.82, 2.24) is 9.80 Å². The molecule has 0 aromatic heterocycles. The molecule has 1 aliphatic heterocycles. The van der Waals surface area contributed by atoms with Crippen molar-refractivity contribution in [2.45, 2.75) is 39.2 Å². The molecule has 1 aromatic rings. The summed E-state index contributed by atoms with van der Waals surface area (Å²) in [4.78, 5) is 17.0. The summed E-state index contributed by atoms with van der Waals surface area (Å²) in [6.45, 7) is 7.01. The number of amides is 1. The molecule has 0 spiro atoms. The molecule has 2 aliphatic rings. The van der Waals surface area contributed by atoms with Gasteiger partial charge in [0.25, 0.3) is 0 Å². The molecule has 21 heavy (non-hydrogen) atoms. The van der Waals surface area contributed by atoms with Gasteiger partial charge in [-0.3, -0.25) is 9.69 Å². The van der Waals surface area contributed by atoms with Gasteiger partial charge in [-0.05, 0) is 30.9 Å². The van der Waals surface area contributed by atoms with Crippen LogP contribution in [-0.2, 0) is 11.3 Å². The number of hydrogen-bond acceptors (Lipinski definition) is 2. The van der Waals surface area contributed by atoms with E-state index in [1.165, 1.54) is 24.0 Å². The van der Waals surface area contributed by atoms with Crippen LogP contribution in [-0.4, -0.2) is 41.9 Å². The van der Waals surface area contributed by atoms with Gasteiger partial charge in [-0.25, -0.2) is 0 Å². The quantitative estimate of drug-likeness (QED) is 0.853. The molecule has 0 atom stereocenters. The minimum absolute atomic E-state index is 0.327. The molecular weight excluding hydrogens is 260 g/mol. The van der Waals surface area contributed by atoms with Crippen molar-refractivity contribution >= 4 is 5.91 Å². The fourth-order valence-corrected chi connectivity index (χ4v) is 3.59. The van der Waals surface area contributed by atoms with Crippen LogP contribution in [0.2, 0.25) is 0 Å². The average Bonchev–Trinajstić information content (AvgIpc) is 3.04. The minimum atomic E-state index is 0.327. The van der Waals surface area contributed by atoms with E-state index in [1.54, 1.807) is 0 Å². The van der Waals surface area contributed by atoms with Gasteiger partial charge in [-0.1, -0.05) is 37.1 Å². The van der Waals surface area contributed by atoms with Crippen molar-refractivity contribution in [3.05, 3.63) is 35.4 Å². The van der Waals surface area contributed by atoms with Gasteiger partial charge in [0.1, 0.15) is 0 Å². The molecular formula is C18H26N2O. The molecule has 3 heteroatoms. The first kappa shape index (κ1) is 14.6. The number of aryl methyl sites for hydroxylation is 1. The number of benzene rings is 1. The van der Waals surface area contributed by atoms with Gasteiger partial charge < -0.3 is 4.90 Å². The van der Waals surface area contributed by atoms with E-state index < -0.39 is 0 Å². The summed E-state index contributed by atoms with van der Waals surface area (Å²) in [6.07, 6.45) is 4.71. The molecule has 114 valence electrons. The Kier molecular flexibility index (Phi) is 4.59. The molecule has 2 fully saturated rings. The molecule has 1 aromatic carbocycles. The lowest BCUT2D eigenvalue weighted by atomic mass is 10.1. The maximum absolute atomic E-state index is 12.4. The Morgan fingerprint density at radius 1 is 1.10 bits per heavy atom. The van der Waals surface area contributed by atoms with E-state index in [-0.39, 0.29) is 0 Å². The number of hydrogen-bond donors (Lipinski definition) is 0. The highest BCUT2D eigenvalue weighted by Crippen LogP contribution is 2.27. The van der Waals surface area contributed by atoms with E-state index in [4.69, 9.17) is 0 Å². The zero-order valence-electron chi connectivity index (χ0n) is 13.1. The third-order valence-corrected chi connectivity index (χ3v) is 5.04. The first-order chi connectivity index (χ1) is 10.2. The highest BCUT2D eigenvalue weighted by Gasteiger charge is 2.29. The molecule has 1 saturated carbocycles. The molecule has 3 rings (SSSR count). The summed E-state index contributed by atoms with van der Waals surface area (Å²) in [7, 11) is 0. The second-order valence-electron chi connectivity index (χ2n) is 6.51. The van der Waals surface area contributed by atoms with Crippen LogP contribution in [0.25, 0.3) is 0 Å². The molecule has 3 nitrogen and oxygen atoms in total. The average molecular weight is 286 g/mol. The Hall–Kier alpha value is -1.35. The molecule has 1 heterocycles. The van der Waals surface area contributed by atoms with E-state index >= 15 is 0 Å². The summed E-state index contributed by atoms with van der Waals surface area (Å²) in [6, 6.07) is 8.60. The minimum Gasteiger partial charge on any atom is -0.340 e. The number of nitrogens with zero attached hydrogens (tertiary/aromatic N) is 2. The first-order valence-corrected chi connectivity index (χ1v) is 8.29. The van der Waals surface area contributed by atoms with Crippen LogP contribution in [0.5, 0.6) is 0 Å². The lowest BCUT2D eigenvalue weighted by Crippen LogP contribution is -2.49. The molecule has 0 N–H and O–H groups in total. The SMILES string of the molecule is Cc1ccccc1CN1CCN(C(=O)C2CCCC2)CC1. The smallest absolute Gasteiger partial charge is 0.225 e. The van der Waals surface area contributed by atoms with E-state index in [0.717, 1.165) is 45.6 Å². The van der Waals surface area contributed by atoms with Gasteiger partial charge in [-0.2, -0.15) is 0 Å². The summed E-state index contributed by atoms with van der Waals surface area (Å²) in [5.41, 5.74) is 2.77.